The van der Waals surface area contributed by atoms with Crippen molar-refractivity contribution in [2.24, 2.45) is 17.8 Å². The third-order valence-electron chi connectivity index (χ3n) is 5.63. The number of methoxy groups -OCH3 is 2. The molecule has 1 aromatic carbocycles. The van der Waals surface area contributed by atoms with Crippen LogP contribution < -0.4 is 10.1 Å². The molecule has 2 bridgehead atoms. The van der Waals surface area contributed by atoms with Crippen LogP contribution in [-0.4, -0.2) is 37.1 Å². The van der Waals surface area contributed by atoms with Crippen molar-refractivity contribution < 1.29 is 19.1 Å². The molecule has 4 atom stereocenters. The summed E-state index contributed by atoms with van der Waals surface area (Å²) in [4.78, 5) is 29.6. The molecule has 0 radical (unpaired) electrons. The molecule has 1 aromatic heterocycles. The number of hydrogen-bond acceptors (Lipinski definition) is 6. The zero-order valence-corrected chi connectivity index (χ0v) is 16.0. The van der Waals surface area contributed by atoms with E-state index in [2.05, 4.69) is 10.3 Å². The van der Waals surface area contributed by atoms with Crippen molar-refractivity contribution in [3.63, 3.8) is 0 Å². The summed E-state index contributed by atoms with van der Waals surface area (Å²) in [6.07, 6.45) is 3.00. The van der Waals surface area contributed by atoms with Crippen molar-refractivity contribution in [2.75, 3.05) is 14.2 Å². The van der Waals surface area contributed by atoms with Gasteiger partial charge in [-0.25, -0.2) is 4.98 Å². The van der Waals surface area contributed by atoms with Gasteiger partial charge in [0.25, 0.3) is 5.91 Å². The number of hydrogen-bond donors (Lipinski definition) is 1. The number of nitrogens with zero attached hydrogens (tertiary/aromatic N) is 1. The van der Waals surface area contributed by atoms with Crippen LogP contribution >= 0.6 is 22.9 Å². The number of aromatic nitrogens is 1. The smallest absolute Gasteiger partial charge is 0.311 e. The fourth-order valence-electron chi connectivity index (χ4n) is 4.53. The lowest BCUT2D eigenvalue weighted by molar-refractivity contribution is -0.148. The molecule has 4 rings (SSSR count). The Kier molecular flexibility index (Phi) is 4.52. The van der Waals surface area contributed by atoms with Crippen LogP contribution in [-0.2, 0) is 9.53 Å². The summed E-state index contributed by atoms with van der Waals surface area (Å²) < 4.78 is 11.4. The summed E-state index contributed by atoms with van der Waals surface area (Å²) in [6.45, 7) is 0. The maximum Gasteiger partial charge on any atom is 0.311 e. The van der Waals surface area contributed by atoms with E-state index >= 15 is 0 Å². The number of esters is 1. The highest BCUT2D eigenvalue weighted by Crippen LogP contribution is 2.49. The van der Waals surface area contributed by atoms with Gasteiger partial charge in [-0.2, -0.15) is 0 Å². The molecule has 138 valence electrons. The van der Waals surface area contributed by atoms with Gasteiger partial charge in [-0.1, -0.05) is 11.6 Å². The van der Waals surface area contributed by atoms with E-state index in [4.69, 9.17) is 21.1 Å². The number of rotatable bonds is 4. The van der Waals surface area contributed by atoms with Crippen molar-refractivity contribution in [3.05, 3.63) is 22.2 Å². The van der Waals surface area contributed by atoms with Gasteiger partial charge in [0.05, 0.1) is 30.4 Å². The fourth-order valence-corrected chi connectivity index (χ4v) is 5.68. The number of halogens is 1. The Morgan fingerprint density at radius 1 is 1.27 bits per heavy atom. The summed E-state index contributed by atoms with van der Waals surface area (Å²) in [5.74, 6) is 0.273. The maximum absolute atomic E-state index is 13.1. The molecule has 2 aliphatic rings. The number of carbonyl (C=O) groups excluding carboxylic acids is 2. The summed E-state index contributed by atoms with van der Waals surface area (Å²) >= 11 is 7.28. The van der Waals surface area contributed by atoms with Gasteiger partial charge in [0.2, 0.25) is 0 Å². The Hall–Kier alpha value is -1.86. The average Bonchev–Trinajstić information content (AvgIpc) is 3.33. The van der Waals surface area contributed by atoms with Crippen molar-refractivity contribution in [3.8, 4) is 5.75 Å². The number of ether oxygens (including phenoxy) is 2. The number of carbonyl (C=O) groups is 2. The predicted molar refractivity (Wildman–Crippen MR) is 98.8 cm³/mol. The van der Waals surface area contributed by atoms with Crippen LogP contribution in [0.15, 0.2) is 12.1 Å². The van der Waals surface area contributed by atoms with Gasteiger partial charge in [-0.05, 0) is 43.2 Å². The Labute approximate surface area is 159 Å². The molecule has 0 saturated heterocycles. The van der Waals surface area contributed by atoms with Gasteiger partial charge in [-0.3, -0.25) is 9.59 Å². The maximum atomic E-state index is 13.1. The first-order valence-electron chi connectivity index (χ1n) is 8.55. The second-order valence-corrected chi connectivity index (χ2v) is 8.42. The van der Waals surface area contributed by atoms with Gasteiger partial charge in [-0.15, -0.1) is 11.3 Å². The zero-order chi connectivity index (χ0) is 18.4. The molecule has 0 unspecified atom stereocenters. The molecule has 2 aromatic rings. The molecule has 1 amide bonds. The predicted octanol–water partition coefficient (Wildman–Crippen LogP) is 3.28. The van der Waals surface area contributed by atoms with Gasteiger partial charge >= 0.3 is 5.97 Å². The number of amides is 1. The van der Waals surface area contributed by atoms with Crippen molar-refractivity contribution in [1.82, 2.24) is 10.3 Å². The largest absolute Gasteiger partial charge is 0.496 e. The highest BCUT2D eigenvalue weighted by atomic mass is 35.5. The zero-order valence-electron chi connectivity index (χ0n) is 14.5. The average molecular weight is 395 g/mol. The quantitative estimate of drug-likeness (QED) is 0.805. The molecule has 0 aliphatic heterocycles. The SMILES string of the molecule is COC(=O)[C@H]1[C@@H]2CC[C@@H](C2)[C@H]1NC(=O)c1c(OC)ccc2nc(Cl)sc12. The molecule has 0 spiro atoms. The minimum absolute atomic E-state index is 0.211. The molecule has 8 heteroatoms. The molecule has 2 saturated carbocycles. The molecule has 2 aliphatic carbocycles. The normalized spacial score (nSPS) is 26.9. The van der Waals surface area contributed by atoms with Crippen molar-refractivity contribution in [2.45, 2.75) is 25.3 Å². The third kappa shape index (κ3) is 2.74. The number of nitrogens with one attached hydrogen (secondary N) is 1. The van der Waals surface area contributed by atoms with Crippen LogP contribution in [0.3, 0.4) is 0 Å². The van der Waals surface area contributed by atoms with Gasteiger partial charge in [0.1, 0.15) is 11.3 Å². The van der Waals surface area contributed by atoms with Crippen LogP contribution in [0.1, 0.15) is 29.6 Å². The second-order valence-electron chi connectivity index (χ2n) is 6.84. The fraction of sp³-hybridized carbons (Fsp3) is 0.500. The van der Waals surface area contributed by atoms with Crippen LogP contribution in [0.4, 0.5) is 0 Å². The Morgan fingerprint density at radius 2 is 2.04 bits per heavy atom. The Bertz CT molecular complexity index is 883. The highest BCUT2D eigenvalue weighted by molar-refractivity contribution is 7.22. The lowest BCUT2D eigenvalue weighted by atomic mass is 9.84. The summed E-state index contributed by atoms with van der Waals surface area (Å²) in [7, 11) is 2.92. The summed E-state index contributed by atoms with van der Waals surface area (Å²) in [5.41, 5.74) is 1.07. The molecule has 1 N–H and O–H groups in total. The standard InChI is InChI=1S/C18H19ClN2O4S/c1-24-11-6-5-10-15(26-18(19)20-10)13(11)16(22)21-14-9-4-3-8(7-9)12(14)17(23)25-2/h5-6,8-9,12,14H,3-4,7H2,1-2H3,(H,21,22)/t8-,9+,12+,14-/m1/s1. The first-order chi connectivity index (χ1) is 12.5. The number of thiazole rings is 1. The molecule has 1 heterocycles. The first kappa shape index (κ1) is 17.5. The van der Waals surface area contributed by atoms with E-state index in [-0.39, 0.29) is 29.8 Å². The summed E-state index contributed by atoms with van der Waals surface area (Å²) in [6, 6.07) is 3.28. The van der Waals surface area contributed by atoms with Crippen LogP contribution in [0.2, 0.25) is 4.47 Å². The van der Waals surface area contributed by atoms with Crippen LogP contribution in [0.5, 0.6) is 5.75 Å². The van der Waals surface area contributed by atoms with Gasteiger partial charge in [0.15, 0.2) is 4.47 Å². The third-order valence-corrected chi connectivity index (χ3v) is 6.82. The van der Waals surface area contributed by atoms with Gasteiger partial charge in [0, 0.05) is 6.04 Å². The number of fused-ring (bicyclic) bond motifs is 3. The Balaban J connectivity index is 1.68. The van der Waals surface area contributed by atoms with E-state index in [1.807, 2.05) is 0 Å². The molecule has 2 fully saturated rings. The minimum Gasteiger partial charge on any atom is -0.496 e. The highest BCUT2D eigenvalue weighted by Gasteiger charge is 2.52. The molecular formula is C18H19ClN2O4S. The van der Waals surface area contributed by atoms with Crippen molar-refractivity contribution >= 4 is 45.0 Å². The monoisotopic (exact) mass is 394 g/mol. The van der Waals surface area contributed by atoms with E-state index in [0.717, 1.165) is 19.3 Å². The summed E-state index contributed by atoms with van der Waals surface area (Å²) in [5, 5.41) is 3.08. The van der Waals surface area contributed by atoms with E-state index in [1.54, 1.807) is 12.1 Å². The lowest BCUT2D eigenvalue weighted by Gasteiger charge is -2.30. The van der Waals surface area contributed by atoms with E-state index in [0.29, 0.717) is 31.9 Å². The molecule has 26 heavy (non-hydrogen) atoms. The second kappa shape index (κ2) is 6.70. The first-order valence-corrected chi connectivity index (χ1v) is 9.74. The molecular weight excluding hydrogens is 376 g/mol. The van der Waals surface area contributed by atoms with Gasteiger partial charge < -0.3 is 14.8 Å². The van der Waals surface area contributed by atoms with Crippen LogP contribution in [0.25, 0.3) is 10.2 Å². The van der Waals surface area contributed by atoms with E-state index in [9.17, 15) is 9.59 Å². The van der Waals surface area contributed by atoms with E-state index < -0.39 is 0 Å². The minimum atomic E-state index is -0.280. The number of benzene rings is 1. The Morgan fingerprint density at radius 3 is 2.77 bits per heavy atom. The van der Waals surface area contributed by atoms with E-state index in [1.165, 1.54) is 25.6 Å². The lowest BCUT2D eigenvalue weighted by Crippen LogP contribution is -2.47. The molecule has 6 nitrogen and oxygen atoms in total. The topological polar surface area (TPSA) is 77.5 Å². The van der Waals surface area contributed by atoms with Crippen molar-refractivity contribution in [1.29, 1.82) is 0 Å². The van der Waals surface area contributed by atoms with Crippen LogP contribution in [0, 0.1) is 17.8 Å².